The molecule has 2 unspecified atom stereocenters. The predicted octanol–water partition coefficient (Wildman–Crippen LogP) is 3.64. The van der Waals surface area contributed by atoms with Crippen LogP contribution in [0.4, 0.5) is 0 Å². The fourth-order valence-corrected chi connectivity index (χ4v) is 11.2. The number of thioether (sulfide) groups is 4. The first-order chi connectivity index (χ1) is 19.2. The molecule has 0 aliphatic carbocycles. The molecule has 0 radical (unpaired) electrons. The molecule has 2 saturated heterocycles. The minimum atomic E-state index is -0.705. The summed E-state index contributed by atoms with van der Waals surface area (Å²) in [4.78, 5) is 53.9. The van der Waals surface area contributed by atoms with Crippen LogP contribution < -0.4 is 10.6 Å². The molecule has 7 rings (SSSR count). The highest BCUT2D eigenvalue weighted by Crippen LogP contribution is 2.68. The number of imide groups is 2. The van der Waals surface area contributed by atoms with Crippen molar-refractivity contribution in [1.29, 1.82) is 10.5 Å². The molecule has 0 saturated carbocycles. The van der Waals surface area contributed by atoms with Gasteiger partial charge in [0.15, 0.2) is 0 Å². The molecule has 40 heavy (non-hydrogen) atoms. The maximum absolute atomic E-state index is 12.9. The Kier molecular flexibility index (Phi) is 5.87. The Hall–Kier alpha value is -3.24. The summed E-state index contributed by atoms with van der Waals surface area (Å²) in [5.74, 6) is -2.50. The summed E-state index contributed by atoms with van der Waals surface area (Å²) in [5.41, 5.74) is 2.97. The fourth-order valence-electron chi connectivity index (χ4n) is 4.88. The number of nitriles is 2. The van der Waals surface area contributed by atoms with E-state index in [1.54, 1.807) is 13.8 Å². The lowest BCUT2D eigenvalue weighted by molar-refractivity contribution is -0.128. The van der Waals surface area contributed by atoms with Crippen LogP contribution in [0.1, 0.15) is 37.2 Å². The van der Waals surface area contributed by atoms with Crippen LogP contribution in [0.25, 0.3) is 0 Å². The summed E-state index contributed by atoms with van der Waals surface area (Å²) >= 11 is 5.61. The number of nitrogens with zero attached hydrogens (tertiary/aromatic N) is 2. The third-order valence-electron chi connectivity index (χ3n) is 6.97. The van der Waals surface area contributed by atoms with Crippen LogP contribution in [0.2, 0.25) is 0 Å². The van der Waals surface area contributed by atoms with Crippen molar-refractivity contribution in [2.45, 2.75) is 45.6 Å². The van der Waals surface area contributed by atoms with Gasteiger partial charge in [-0.05, 0) is 25.0 Å². The second kappa shape index (κ2) is 9.14. The number of carbonyl (C=O) groups is 4. The Morgan fingerprint density at radius 2 is 0.975 bits per heavy atom. The molecule has 1 aromatic rings. The van der Waals surface area contributed by atoms with Crippen LogP contribution >= 0.6 is 47.0 Å². The van der Waals surface area contributed by atoms with E-state index in [1.165, 1.54) is 47.0 Å². The number of hydrogen-bond acceptors (Lipinski definition) is 12. The monoisotopic (exact) mass is 606 g/mol. The molecule has 0 bridgehead atoms. The van der Waals surface area contributed by atoms with Crippen molar-refractivity contribution in [3.05, 3.63) is 53.0 Å². The van der Waals surface area contributed by atoms with Crippen LogP contribution in [0.5, 0.6) is 0 Å². The summed E-state index contributed by atoms with van der Waals surface area (Å²) in [7, 11) is 0. The van der Waals surface area contributed by atoms with Crippen molar-refractivity contribution in [3.63, 3.8) is 0 Å². The van der Waals surface area contributed by atoms with Gasteiger partial charge < -0.3 is 9.47 Å². The zero-order valence-corrected chi connectivity index (χ0v) is 23.8. The highest BCUT2D eigenvalue weighted by atomic mass is 32.2. The Bertz CT molecular complexity index is 1610. The largest absolute Gasteiger partial charge is 0.368 e. The van der Waals surface area contributed by atoms with E-state index in [4.69, 9.17) is 9.47 Å². The van der Waals surface area contributed by atoms with Crippen molar-refractivity contribution >= 4 is 70.7 Å². The number of epoxide rings is 2. The van der Waals surface area contributed by atoms with Gasteiger partial charge in [-0.2, -0.15) is 10.5 Å². The highest BCUT2D eigenvalue weighted by Gasteiger charge is 2.46. The Morgan fingerprint density at radius 1 is 0.650 bits per heavy atom. The van der Waals surface area contributed by atoms with E-state index in [-0.39, 0.29) is 23.4 Å². The van der Waals surface area contributed by atoms with Gasteiger partial charge in [-0.25, -0.2) is 0 Å². The van der Waals surface area contributed by atoms with Gasteiger partial charge in [-0.1, -0.05) is 47.0 Å². The van der Waals surface area contributed by atoms with Gasteiger partial charge in [-0.3, -0.25) is 29.8 Å². The minimum absolute atomic E-state index is 0.0926. The first-order valence-electron chi connectivity index (χ1n) is 11.8. The molecular formula is C26H14N4O6S4. The lowest BCUT2D eigenvalue weighted by atomic mass is 9.98. The molecule has 10 nitrogen and oxygen atoms in total. The minimum Gasteiger partial charge on any atom is -0.368 e. The zero-order chi connectivity index (χ0) is 28.0. The number of amides is 4. The number of fused-ring (bicyclic) bond motifs is 2. The molecule has 1 aromatic carbocycles. The van der Waals surface area contributed by atoms with E-state index >= 15 is 0 Å². The van der Waals surface area contributed by atoms with Crippen molar-refractivity contribution < 1.29 is 28.7 Å². The fraction of sp³-hybridized carbons (Fsp3) is 0.231. The number of benzene rings is 1. The van der Waals surface area contributed by atoms with E-state index in [2.05, 4.69) is 10.6 Å². The molecule has 14 heteroatoms. The van der Waals surface area contributed by atoms with E-state index in [1.807, 2.05) is 12.1 Å². The molecule has 4 amide bonds. The first kappa shape index (κ1) is 25.7. The predicted molar refractivity (Wildman–Crippen MR) is 144 cm³/mol. The third-order valence-corrected chi connectivity index (χ3v) is 12.3. The van der Waals surface area contributed by atoms with Crippen LogP contribution in [0.15, 0.2) is 61.5 Å². The SMILES string of the molecule is CC1=C(C#N)C(=O)NC(=O)C1=C1Sc2c(c(C3CO3)c3c(c2C2CO2)SC(=C2C(=O)NC(=O)C(C#N)=C2C)S3)S1. The molecule has 6 aliphatic rings. The van der Waals surface area contributed by atoms with E-state index in [0.29, 0.717) is 44.0 Å². The first-order valence-corrected chi connectivity index (χ1v) is 15.1. The topological polar surface area (TPSA) is 165 Å². The van der Waals surface area contributed by atoms with Gasteiger partial charge in [0, 0.05) is 30.7 Å². The van der Waals surface area contributed by atoms with Gasteiger partial charge in [0.25, 0.3) is 23.6 Å². The van der Waals surface area contributed by atoms with Gasteiger partial charge in [0.05, 0.1) is 32.8 Å². The molecule has 198 valence electrons. The normalized spacial score (nSPS) is 25.1. The second-order valence-corrected chi connectivity index (χ2v) is 13.9. The van der Waals surface area contributed by atoms with E-state index < -0.39 is 23.6 Å². The number of nitrogens with one attached hydrogen (secondary N) is 2. The zero-order valence-electron chi connectivity index (χ0n) is 20.5. The molecule has 0 spiro atoms. The molecule has 6 heterocycles. The molecular weight excluding hydrogens is 593 g/mol. The average Bonchev–Trinajstić information content (AvgIpc) is 3.81. The van der Waals surface area contributed by atoms with Crippen LogP contribution in [-0.2, 0) is 28.7 Å². The summed E-state index contributed by atoms with van der Waals surface area (Å²) in [5, 5.41) is 23.6. The van der Waals surface area contributed by atoms with Crippen LogP contribution in [0, 0.1) is 22.7 Å². The molecule has 0 aromatic heterocycles. The third kappa shape index (κ3) is 3.75. The van der Waals surface area contributed by atoms with Gasteiger partial charge >= 0.3 is 0 Å². The quantitative estimate of drug-likeness (QED) is 0.286. The standard InChI is InChI=1S/C26H14N4O6S4/c1-7-9(3-27)21(31)29-23(33)13(7)25-37-17-15(11-5-35-11)19-20(16(12-6-36-12)18(17)38-25)40-26(39-19)14-8(2)10(4-28)22(32)30-24(14)34/h11-12H,5-6H2,1-2H3,(H,29,31,33)(H,30,32,34). The molecule has 2 atom stereocenters. The van der Waals surface area contributed by atoms with E-state index in [9.17, 15) is 29.7 Å². The molecule has 6 aliphatic heterocycles. The summed E-state index contributed by atoms with van der Waals surface area (Å²) < 4.78 is 12.8. The average molecular weight is 607 g/mol. The number of ether oxygens (including phenoxy) is 2. The summed E-state index contributed by atoms with van der Waals surface area (Å²) in [6, 6.07) is 3.80. The van der Waals surface area contributed by atoms with Gasteiger partial charge in [-0.15, -0.1) is 0 Å². The van der Waals surface area contributed by atoms with Crippen LogP contribution in [0.3, 0.4) is 0 Å². The lowest BCUT2D eigenvalue weighted by Crippen LogP contribution is -2.38. The van der Waals surface area contributed by atoms with E-state index in [0.717, 1.165) is 30.7 Å². The maximum atomic E-state index is 12.9. The molecule has 2 fully saturated rings. The highest BCUT2D eigenvalue weighted by molar-refractivity contribution is 8.25. The second-order valence-electron chi connectivity index (χ2n) is 9.31. The number of carbonyl (C=O) groups excluding carboxylic acids is 4. The maximum Gasteiger partial charge on any atom is 0.269 e. The lowest BCUT2D eigenvalue weighted by Gasteiger charge is -2.17. The van der Waals surface area contributed by atoms with Crippen molar-refractivity contribution in [1.82, 2.24) is 10.6 Å². The van der Waals surface area contributed by atoms with Crippen molar-refractivity contribution in [2.24, 2.45) is 0 Å². The number of hydrogen-bond donors (Lipinski definition) is 2. The smallest absolute Gasteiger partial charge is 0.269 e. The summed E-state index contributed by atoms with van der Waals surface area (Å²) in [6.45, 7) is 4.25. The molecule has 2 N–H and O–H groups in total. The Labute approximate surface area is 243 Å². The van der Waals surface area contributed by atoms with Crippen molar-refractivity contribution in [2.75, 3.05) is 13.2 Å². The summed E-state index contributed by atoms with van der Waals surface area (Å²) in [6.07, 6.45) is -0.347. The Balaban J connectivity index is 1.41. The van der Waals surface area contributed by atoms with Crippen molar-refractivity contribution in [3.8, 4) is 12.1 Å². The number of rotatable bonds is 2. The van der Waals surface area contributed by atoms with Gasteiger partial charge in [0.2, 0.25) is 0 Å². The Morgan fingerprint density at radius 3 is 1.25 bits per heavy atom. The van der Waals surface area contributed by atoms with Gasteiger partial charge in [0.1, 0.15) is 35.5 Å². The van der Waals surface area contributed by atoms with Crippen LogP contribution in [-0.4, -0.2) is 36.8 Å².